The van der Waals surface area contributed by atoms with Crippen LogP contribution in [0.25, 0.3) is 11.3 Å². The van der Waals surface area contributed by atoms with Crippen LogP contribution in [0, 0.1) is 10.1 Å². The summed E-state index contributed by atoms with van der Waals surface area (Å²) in [5, 5.41) is 18.0. The molecule has 172 valence electrons. The van der Waals surface area contributed by atoms with Gasteiger partial charge in [0.1, 0.15) is 5.75 Å². The molecular formula is C23H15F3N4O3S. The summed E-state index contributed by atoms with van der Waals surface area (Å²) in [6.45, 7) is 0. The summed E-state index contributed by atoms with van der Waals surface area (Å²) in [6, 6.07) is 17.7. The van der Waals surface area contributed by atoms with E-state index in [1.54, 1.807) is 0 Å². The monoisotopic (exact) mass is 484 g/mol. The number of hydrogen-bond acceptors (Lipinski definition) is 7. The fourth-order valence-corrected chi connectivity index (χ4v) is 3.60. The molecule has 7 nitrogen and oxygen atoms in total. The number of nitrogens with zero attached hydrogens (tertiary/aromatic N) is 3. The fraction of sp³-hybridized carbons (Fsp3) is 0.0435. The predicted molar refractivity (Wildman–Crippen MR) is 123 cm³/mol. The molecule has 11 heteroatoms. The zero-order valence-corrected chi connectivity index (χ0v) is 18.0. The van der Waals surface area contributed by atoms with Gasteiger partial charge in [-0.05, 0) is 30.3 Å². The zero-order chi connectivity index (χ0) is 24.1. The van der Waals surface area contributed by atoms with Gasteiger partial charge in [0, 0.05) is 22.6 Å². The summed E-state index contributed by atoms with van der Waals surface area (Å²) in [6.07, 6.45) is -3.19. The first kappa shape index (κ1) is 22.9. The summed E-state index contributed by atoms with van der Waals surface area (Å²) in [7, 11) is 0. The number of nitro groups is 1. The number of benzene rings is 3. The Bertz CT molecular complexity index is 1340. The van der Waals surface area contributed by atoms with Crippen LogP contribution < -0.4 is 10.2 Å². The standard InChI is InChI=1S/C23H15F3N4O3S/c24-23(25,26)17-7-4-8-18(12-17)33-21-10-9-15(11-20(21)30(31)32)13-27-29-22-28-19(14-34-22)16-5-2-1-3-6-16/h1-14H,(H,28,29). The minimum absolute atomic E-state index is 0.168. The minimum atomic E-state index is -4.56. The van der Waals surface area contributed by atoms with Crippen molar-refractivity contribution in [3.8, 4) is 22.8 Å². The summed E-state index contributed by atoms with van der Waals surface area (Å²) in [5.74, 6) is -0.360. The Balaban J connectivity index is 1.48. The second-order valence-corrected chi connectivity index (χ2v) is 7.74. The summed E-state index contributed by atoms with van der Waals surface area (Å²) in [5.41, 5.74) is 3.58. The number of nitrogens with one attached hydrogen (secondary N) is 1. The van der Waals surface area contributed by atoms with Crippen molar-refractivity contribution in [1.82, 2.24) is 4.98 Å². The van der Waals surface area contributed by atoms with E-state index in [4.69, 9.17) is 4.74 Å². The van der Waals surface area contributed by atoms with E-state index in [0.29, 0.717) is 10.7 Å². The Hall–Kier alpha value is -4.25. The van der Waals surface area contributed by atoms with Crippen molar-refractivity contribution < 1.29 is 22.8 Å². The summed E-state index contributed by atoms with van der Waals surface area (Å²) < 4.78 is 44.1. The van der Waals surface area contributed by atoms with Crippen LogP contribution in [-0.4, -0.2) is 16.1 Å². The second kappa shape index (κ2) is 9.71. The molecule has 0 unspecified atom stereocenters. The van der Waals surface area contributed by atoms with E-state index in [1.807, 2.05) is 35.7 Å². The number of aromatic nitrogens is 1. The number of thiazole rings is 1. The molecule has 0 aliphatic carbocycles. The summed E-state index contributed by atoms with van der Waals surface area (Å²) in [4.78, 5) is 15.2. The first-order valence-electron chi connectivity index (χ1n) is 9.73. The highest BCUT2D eigenvalue weighted by Crippen LogP contribution is 2.35. The lowest BCUT2D eigenvalue weighted by Gasteiger charge is -2.10. The first-order chi connectivity index (χ1) is 16.3. The minimum Gasteiger partial charge on any atom is -0.450 e. The number of anilines is 1. The molecule has 1 N–H and O–H groups in total. The molecule has 0 aliphatic rings. The maximum Gasteiger partial charge on any atom is 0.416 e. The molecular weight excluding hydrogens is 469 g/mol. The van der Waals surface area contributed by atoms with Crippen molar-refractivity contribution in [1.29, 1.82) is 0 Å². The number of hydrogen-bond donors (Lipinski definition) is 1. The predicted octanol–water partition coefficient (Wildman–Crippen LogP) is 6.98. The van der Waals surface area contributed by atoms with Gasteiger partial charge in [0.25, 0.3) is 0 Å². The Kier molecular flexibility index (Phi) is 6.55. The number of ether oxygens (including phenoxy) is 1. The lowest BCUT2D eigenvalue weighted by Crippen LogP contribution is -2.04. The smallest absolute Gasteiger partial charge is 0.416 e. The highest BCUT2D eigenvalue weighted by Gasteiger charge is 2.30. The molecule has 0 amide bonds. The van der Waals surface area contributed by atoms with Crippen molar-refractivity contribution >= 4 is 28.4 Å². The molecule has 34 heavy (non-hydrogen) atoms. The van der Waals surface area contributed by atoms with Gasteiger partial charge in [0.15, 0.2) is 0 Å². The Morgan fingerprint density at radius 1 is 1.06 bits per heavy atom. The quantitative estimate of drug-likeness (QED) is 0.174. The molecule has 0 saturated carbocycles. The molecule has 4 aromatic rings. The van der Waals surface area contributed by atoms with E-state index in [2.05, 4.69) is 15.5 Å². The van der Waals surface area contributed by atoms with Crippen LogP contribution in [0.5, 0.6) is 11.5 Å². The molecule has 0 spiro atoms. The van der Waals surface area contributed by atoms with E-state index >= 15 is 0 Å². The lowest BCUT2D eigenvalue weighted by atomic mass is 10.2. The Labute approximate surface area is 195 Å². The van der Waals surface area contributed by atoms with Crippen LogP contribution >= 0.6 is 11.3 Å². The van der Waals surface area contributed by atoms with Crippen molar-refractivity contribution in [3.05, 3.63) is 99.4 Å². The van der Waals surface area contributed by atoms with Gasteiger partial charge in [-0.3, -0.25) is 15.5 Å². The number of hydrazone groups is 1. The maximum atomic E-state index is 12.9. The summed E-state index contributed by atoms with van der Waals surface area (Å²) >= 11 is 1.35. The topological polar surface area (TPSA) is 89.7 Å². The molecule has 1 heterocycles. The van der Waals surface area contributed by atoms with Gasteiger partial charge in [0.05, 0.1) is 22.4 Å². The van der Waals surface area contributed by atoms with E-state index in [9.17, 15) is 23.3 Å². The van der Waals surface area contributed by atoms with Gasteiger partial charge >= 0.3 is 11.9 Å². The molecule has 3 aromatic carbocycles. The number of halogens is 3. The second-order valence-electron chi connectivity index (χ2n) is 6.89. The van der Waals surface area contributed by atoms with Gasteiger partial charge in [0.2, 0.25) is 10.9 Å². The van der Waals surface area contributed by atoms with Gasteiger partial charge in [-0.1, -0.05) is 36.4 Å². The average Bonchev–Trinajstić information content (AvgIpc) is 3.29. The molecule has 4 rings (SSSR count). The van der Waals surface area contributed by atoms with Crippen molar-refractivity contribution in [3.63, 3.8) is 0 Å². The first-order valence-corrected chi connectivity index (χ1v) is 10.6. The van der Waals surface area contributed by atoms with E-state index in [0.717, 1.165) is 23.4 Å². The van der Waals surface area contributed by atoms with Crippen LogP contribution in [0.2, 0.25) is 0 Å². The average molecular weight is 484 g/mol. The van der Waals surface area contributed by atoms with Gasteiger partial charge in [-0.25, -0.2) is 4.98 Å². The Morgan fingerprint density at radius 3 is 2.59 bits per heavy atom. The Morgan fingerprint density at radius 2 is 1.85 bits per heavy atom. The fourth-order valence-electron chi connectivity index (χ4n) is 2.94. The molecule has 0 saturated heterocycles. The molecule has 0 atom stereocenters. The van der Waals surface area contributed by atoms with Crippen LogP contribution in [0.3, 0.4) is 0 Å². The highest BCUT2D eigenvalue weighted by atomic mass is 32.1. The SMILES string of the molecule is O=[N+]([O-])c1cc(C=NNc2nc(-c3ccccc3)cs2)ccc1Oc1cccc(C(F)(F)F)c1. The van der Waals surface area contributed by atoms with Crippen LogP contribution in [0.15, 0.2) is 83.3 Å². The van der Waals surface area contributed by atoms with Gasteiger partial charge in [-0.2, -0.15) is 18.3 Å². The maximum absolute atomic E-state index is 12.9. The van der Waals surface area contributed by atoms with E-state index in [-0.39, 0.29) is 11.5 Å². The number of nitro benzene ring substituents is 1. The van der Waals surface area contributed by atoms with Crippen molar-refractivity contribution in [2.75, 3.05) is 5.43 Å². The normalized spacial score (nSPS) is 11.5. The third-order valence-electron chi connectivity index (χ3n) is 4.52. The molecule has 0 radical (unpaired) electrons. The van der Waals surface area contributed by atoms with E-state index in [1.165, 1.54) is 47.9 Å². The lowest BCUT2D eigenvalue weighted by molar-refractivity contribution is -0.385. The number of rotatable bonds is 7. The molecule has 0 aliphatic heterocycles. The third-order valence-corrected chi connectivity index (χ3v) is 5.26. The molecule has 1 aromatic heterocycles. The van der Waals surface area contributed by atoms with Crippen LogP contribution in [0.4, 0.5) is 24.0 Å². The van der Waals surface area contributed by atoms with E-state index < -0.39 is 22.4 Å². The highest BCUT2D eigenvalue weighted by molar-refractivity contribution is 7.14. The van der Waals surface area contributed by atoms with Crippen LogP contribution in [-0.2, 0) is 6.18 Å². The number of alkyl halides is 3. The van der Waals surface area contributed by atoms with Crippen molar-refractivity contribution in [2.45, 2.75) is 6.18 Å². The van der Waals surface area contributed by atoms with Gasteiger partial charge in [-0.15, -0.1) is 11.3 Å². The molecule has 0 fully saturated rings. The van der Waals surface area contributed by atoms with Gasteiger partial charge < -0.3 is 4.74 Å². The molecule has 0 bridgehead atoms. The largest absolute Gasteiger partial charge is 0.450 e. The van der Waals surface area contributed by atoms with Crippen LogP contribution in [0.1, 0.15) is 11.1 Å². The zero-order valence-electron chi connectivity index (χ0n) is 17.2. The third kappa shape index (κ3) is 5.56. The van der Waals surface area contributed by atoms with Crippen molar-refractivity contribution in [2.24, 2.45) is 5.10 Å².